The Morgan fingerprint density at radius 2 is 1.88 bits per heavy atom. The highest BCUT2D eigenvalue weighted by molar-refractivity contribution is 5.92. The van der Waals surface area contributed by atoms with Crippen molar-refractivity contribution in [2.45, 2.75) is 38.2 Å². The van der Waals surface area contributed by atoms with Gasteiger partial charge in [-0.25, -0.2) is 0 Å². The quantitative estimate of drug-likeness (QED) is 0.782. The minimum absolute atomic E-state index is 0.0277. The summed E-state index contributed by atoms with van der Waals surface area (Å²) in [5, 5.41) is 5.42. The van der Waals surface area contributed by atoms with Crippen LogP contribution in [0.25, 0.3) is 0 Å². The molecule has 1 unspecified atom stereocenters. The van der Waals surface area contributed by atoms with Crippen LogP contribution in [-0.4, -0.2) is 48.8 Å². The number of hydrogen-bond acceptors (Lipinski definition) is 4. The molecule has 0 aromatic heterocycles. The van der Waals surface area contributed by atoms with Crippen molar-refractivity contribution in [2.24, 2.45) is 0 Å². The largest absolute Gasteiger partial charge is 0.573 e. The molecule has 2 amide bonds. The summed E-state index contributed by atoms with van der Waals surface area (Å²) in [7, 11) is 1.65. The maximum absolute atomic E-state index is 12.1. The van der Waals surface area contributed by atoms with Crippen LogP contribution in [0.4, 0.5) is 18.9 Å². The van der Waals surface area contributed by atoms with E-state index in [-0.39, 0.29) is 30.2 Å². The van der Waals surface area contributed by atoms with Gasteiger partial charge >= 0.3 is 6.36 Å². The highest BCUT2D eigenvalue weighted by atomic mass is 19.4. The Balaban J connectivity index is 1.81. The predicted molar refractivity (Wildman–Crippen MR) is 85.0 cm³/mol. The first-order chi connectivity index (χ1) is 11.6. The Kier molecular flexibility index (Phi) is 5.89. The SMILES string of the molecule is CC(C(=O)NC1CC1)N(C)CC(=O)Nc1ccc(OC(F)(F)F)cc1. The van der Waals surface area contributed by atoms with Gasteiger partial charge in [-0.2, -0.15) is 0 Å². The highest BCUT2D eigenvalue weighted by Crippen LogP contribution is 2.24. The van der Waals surface area contributed by atoms with Gasteiger partial charge in [0.15, 0.2) is 0 Å². The smallest absolute Gasteiger partial charge is 0.406 e. The molecule has 0 spiro atoms. The van der Waals surface area contributed by atoms with E-state index >= 15 is 0 Å². The minimum Gasteiger partial charge on any atom is -0.406 e. The van der Waals surface area contributed by atoms with Gasteiger partial charge in [0.25, 0.3) is 0 Å². The molecule has 1 saturated carbocycles. The van der Waals surface area contributed by atoms with E-state index in [1.54, 1.807) is 18.9 Å². The van der Waals surface area contributed by atoms with Gasteiger partial charge in [0.1, 0.15) is 5.75 Å². The molecule has 1 atom stereocenters. The van der Waals surface area contributed by atoms with Crippen LogP contribution in [0.2, 0.25) is 0 Å². The summed E-state index contributed by atoms with van der Waals surface area (Å²) >= 11 is 0. The maximum atomic E-state index is 12.1. The van der Waals surface area contributed by atoms with Crippen LogP contribution >= 0.6 is 0 Å². The van der Waals surface area contributed by atoms with E-state index in [1.807, 2.05) is 0 Å². The van der Waals surface area contributed by atoms with Crippen molar-refractivity contribution >= 4 is 17.5 Å². The number of nitrogens with zero attached hydrogens (tertiary/aromatic N) is 1. The summed E-state index contributed by atoms with van der Waals surface area (Å²) in [6, 6.07) is 4.62. The van der Waals surface area contributed by atoms with Crippen molar-refractivity contribution in [1.29, 1.82) is 0 Å². The van der Waals surface area contributed by atoms with Crippen molar-refractivity contribution < 1.29 is 27.5 Å². The maximum Gasteiger partial charge on any atom is 0.573 e. The van der Waals surface area contributed by atoms with Gasteiger partial charge in [0.2, 0.25) is 11.8 Å². The zero-order valence-corrected chi connectivity index (χ0v) is 13.9. The first-order valence-corrected chi connectivity index (χ1v) is 7.80. The van der Waals surface area contributed by atoms with Crippen molar-refractivity contribution in [3.05, 3.63) is 24.3 Å². The lowest BCUT2D eigenvalue weighted by Gasteiger charge is -2.23. The van der Waals surface area contributed by atoms with Gasteiger partial charge in [-0.05, 0) is 51.1 Å². The van der Waals surface area contributed by atoms with Crippen LogP contribution in [0.3, 0.4) is 0 Å². The van der Waals surface area contributed by atoms with Crippen LogP contribution in [0, 0.1) is 0 Å². The molecule has 0 radical (unpaired) electrons. The van der Waals surface area contributed by atoms with Crippen molar-refractivity contribution in [3.63, 3.8) is 0 Å². The molecular weight excluding hydrogens is 339 g/mol. The molecule has 1 aliphatic carbocycles. The Labute approximate surface area is 143 Å². The lowest BCUT2D eigenvalue weighted by atomic mass is 10.2. The molecule has 1 fully saturated rings. The van der Waals surface area contributed by atoms with E-state index < -0.39 is 12.4 Å². The Morgan fingerprint density at radius 1 is 1.28 bits per heavy atom. The Bertz CT molecular complexity index is 615. The minimum atomic E-state index is -4.76. The topological polar surface area (TPSA) is 70.7 Å². The lowest BCUT2D eigenvalue weighted by Crippen LogP contribution is -2.46. The first kappa shape index (κ1) is 19.0. The van der Waals surface area contributed by atoms with Crippen molar-refractivity contribution in [3.8, 4) is 5.75 Å². The monoisotopic (exact) mass is 359 g/mol. The Hall–Kier alpha value is -2.29. The lowest BCUT2D eigenvalue weighted by molar-refractivity contribution is -0.274. The zero-order chi connectivity index (χ0) is 18.6. The van der Waals surface area contributed by atoms with Crippen LogP contribution in [0.15, 0.2) is 24.3 Å². The molecule has 6 nitrogen and oxygen atoms in total. The third kappa shape index (κ3) is 6.61. The van der Waals surface area contributed by atoms with E-state index in [4.69, 9.17) is 0 Å². The van der Waals surface area contributed by atoms with Crippen LogP contribution in [0.5, 0.6) is 5.75 Å². The second-order valence-corrected chi connectivity index (χ2v) is 5.99. The molecular formula is C16H20F3N3O3. The van der Waals surface area contributed by atoms with Crippen LogP contribution in [-0.2, 0) is 9.59 Å². The third-order valence-corrected chi connectivity index (χ3v) is 3.73. The molecule has 2 N–H and O–H groups in total. The summed E-state index contributed by atoms with van der Waals surface area (Å²) < 4.78 is 40.0. The van der Waals surface area contributed by atoms with Gasteiger partial charge in [-0.3, -0.25) is 14.5 Å². The molecule has 0 heterocycles. The number of amides is 2. The summed E-state index contributed by atoms with van der Waals surface area (Å²) in [6.07, 6.45) is -2.79. The summed E-state index contributed by atoms with van der Waals surface area (Å²) in [6.45, 7) is 1.67. The fourth-order valence-corrected chi connectivity index (χ4v) is 2.05. The fraction of sp³-hybridized carbons (Fsp3) is 0.500. The van der Waals surface area contributed by atoms with E-state index in [1.165, 1.54) is 12.1 Å². The second-order valence-electron chi connectivity index (χ2n) is 5.99. The van der Waals surface area contributed by atoms with Gasteiger partial charge in [0.05, 0.1) is 12.6 Å². The first-order valence-electron chi connectivity index (χ1n) is 7.80. The molecule has 25 heavy (non-hydrogen) atoms. The number of nitrogens with one attached hydrogen (secondary N) is 2. The van der Waals surface area contributed by atoms with E-state index in [0.29, 0.717) is 5.69 Å². The number of halogens is 3. The zero-order valence-electron chi connectivity index (χ0n) is 13.9. The number of rotatable bonds is 7. The molecule has 2 rings (SSSR count). The van der Waals surface area contributed by atoms with E-state index in [2.05, 4.69) is 15.4 Å². The van der Waals surface area contributed by atoms with E-state index in [9.17, 15) is 22.8 Å². The van der Waals surface area contributed by atoms with E-state index in [0.717, 1.165) is 25.0 Å². The number of likely N-dealkylation sites (N-methyl/N-ethyl adjacent to an activating group) is 1. The summed E-state index contributed by atoms with van der Waals surface area (Å²) in [5.74, 6) is -0.877. The number of alkyl halides is 3. The molecule has 138 valence electrons. The second kappa shape index (κ2) is 7.73. The summed E-state index contributed by atoms with van der Waals surface area (Å²) in [5.41, 5.74) is 0.336. The van der Waals surface area contributed by atoms with Crippen molar-refractivity contribution in [1.82, 2.24) is 10.2 Å². The Morgan fingerprint density at radius 3 is 2.40 bits per heavy atom. The van der Waals surface area contributed by atoms with Crippen LogP contribution < -0.4 is 15.4 Å². The van der Waals surface area contributed by atoms with Gasteiger partial charge in [-0.15, -0.1) is 13.2 Å². The molecule has 0 saturated heterocycles. The number of hydrogen-bond donors (Lipinski definition) is 2. The highest BCUT2D eigenvalue weighted by Gasteiger charge is 2.31. The van der Waals surface area contributed by atoms with Gasteiger partial charge < -0.3 is 15.4 Å². The standard InChI is InChI=1S/C16H20F3N3O3/c1-10(15(24)21-12-3-4-12)22(2)9-14(23)20-11-5-7-13(8-6-11)25-16(17,18)19/h5-8,10,12H,3-4,9H2,1-2H3,(H,20,23)(H,21,24). The van der Waals surface area contributed by atoms with Gasteiger partial charge in [-0.1, -0.05) is 0 Å². The average molecular weight is 359 g/mol. The van der Waals surface area contributed by atoms with Crippen LogP contribution in [0.1, 0.15) is 19.8 Å². The molecule has 9 heteroatoms. The predicted octanol–water partition coefficient (Wildman–Crippen LogP) is 2.12. The molecule has 1 aliphatic rings. The number of carbonyl (C=O) groups is 2. The fourth-order valence-electron chi connectivity index (χ4n) is 2.05. The molecule has 1 aromatic carbocycles. The van der Waals surface area contributed by atoms with Crippen molar-refractivity contribution in [2.75, 3.05) is 18.9 Å². The van der Waals surface area contributed by atoms with Gasteiger partial charge in [0, 0.05) is 11.7 Å². The number of carbonyl (C=O) groups excluding carboxylic acids is 2. The number of ether oxygens (including phenoxy) is 1. The summed E-state index contributed by atoms with van der Waals surface area (Å²) in [4.78, 5) is 25.5. The number of anilines is 1. The molecule has 1 aromatic rings. The molecule has 0 bridgehead atoms. The average Bonchev–Trinajstić information content (AvgIpc) is 3.30. The molecule has 0 aliphatic heterocycles. The third-order valence-electron chi connectivity index (χ3n) is 3.73. The number of benzene rings is 1. The normalized spacial score (nSPS) is 15.6.